The highest BCUT2D eigenvalue weighted by atomic mass is 16.5. The van der Waals surface area contributed by atoms with Crippen molar-refractivity contribution < 1.29 is 19.7 Å². The molecule has 2 aromatic rings. The average molecular weight is 423 g/mol. The van der Waals surface area contributed by atoms with Gasteiger partial charge in [-0.1, -0.05) is 43.7 Å². The van der Waals surface area contributed by atoms with Gasteiger partial charge in [0.05, 0.1) is 12.7 Å². The minimum absolute atomic E-state index is 0.0227. The van der Waals surface area contributed by atoms with Crippen molar-refractivity contribution in [1.82, 2.24) is 0 Å². The second-order valence-corrected chi connectivity index (χ2v) is 8.45. The molecule has 1 aliphatic rings. The van der Waals surface area contributed by atoms with Crippen LogP contribution >= 0.6 is 0 Å². The zero-order valence-electron chi connectivity index (χ0n) is 18.5. The number of aromatic hydroxyl groups is 1. The van der Waals surface area contributed by atoms with Gasteiger partial charge in [0.2, 0.25) is 0 Å². The Morgan fingerprint density at radius 3 is 2.52 bits per heavy atom. The van der Waals surface area contributed by atoms with Crippen LogP contribution in [-0.4, -0.2) is 28.7 Å². The quantitative estimate of drug-likeness (QED) is 0.468. The van der Waals surface area contributed by atoms with Gasteiger partial charge in [-0.2, -0.15) is 0 Å². The number of aliphatic hydroxyl groups is 1. The molecule has 2 N–H and O–H groups in total. The van der Waals surface area contributed by atoms with Crippen LogP contribution in [-0.2, 0) is 17.6 Å². The van der Waals surface area contributed by atoms with Crippen LogP contribution in [0.4, 0.5) is 0 Å². The Morgan fingerprint density at radius 2 is 1.84 bits per heavy atom. The average Bonchev–Trinajstić information content (AvgIpc) is 3.28. The second-order valence-electron chi connectivity index (χ2n) is 8.45. The first-order valence-corrected chi connectivity index (χ1v) is 11.5. The van der Waals surface area contributed by atoms with E-state index < -0.39 is 0 Å². The highest BCUT2D eigenvalue weighted by molar-refractivity contribution is 5.90. The molecule has 1 fully saturated rings. The number of hydrogen-bond donors (Lipinski definition) is 2. The molecule has 1 aliphatic carbocycles. The molecule has 0 amide bonds. The lowest BCUT2D eigenvalue weighted by molar-refractivity contribution is -0.114. The summed E-state index contributed by atoms with van der Waals surface area (Å²) in [7, 11) is 0. The van der Waals surface area contributed by atoms with Gasteiger partial charge in [0.1, 0.15) is 0 Å². The van der Waals surface area contributed by atoms with Gasteiger partial charge in [0.15, 0.2) is 17.3 Å². The molecule has 0 saturated heterocycles. The van der Waals surface area contributed by atoms with Crippen molar-refractivity contribution in [3.63, 3.8) is 0 Å². The van der Waals surface area contributed by atoms with Gasteiger partial charge >= 0.3 is 0 Å². The predicted molar refractivity (Wildman–Crippen MR) is 124 cm³/mol. The van der Waals surface area contributed by atoms with Crippen LogP contribution in [0.5, 0.6) is 11.5 Å². The first-order valence-electron chi connectivity index (χ1n) is 11.5. The number of carbonyl (C=O) groups is 1. The van der Waals surface area contributed by atoms with Crippen molar-refractivity contribution in [3.8, 4) is 11.5 Å². The largest absolute Gasteiger partial charge is 0.504 e. The molecule has 0 bridgehead atoms. The molecular weight excluding hydrogens is 388 g/mol. The standard InChI is InChI=1S/C27H34O4/c1-2-8-21(19-28)16-24(29)14-13-22-18-27(31-25-11-6-7-12-25)26(30)17-23(22)15-20-9-4-3-5-10-20/h3-5,9-10,16-18,25,28,30H,2,6-8,11-15,19H2,1H3. The molecule has 0 heterocycles. The highest BCUT2D eigenvalue weighted by Crippen LogP contribution is 2.35. The summed E-state index contributed by atoms with van der Waals surface area (Å²) in [6.45, 7) is 1.96. The summed E-state index contributed by atoms with van der Waals surface area (Å²) in [6, 6.07) is 13.8. The van der Waals surface area contributed by atoms with Crippen LogP contribution in [0.15, 0.2) is 54.1 Å². The Bertz CT molecular complexity index is 880. The van der Waals surface area contributed by atoms with Crippen molar-refractivity contribution in [2.75, 3.05) is 6.61 Å². The van der Waals surface area contributed by atoms with Gasteiger partial charge in [-0.3, -0.25) is 4.79 Å². The van der Waals surface area contributed by atoms with Crippen LogP contribution in [0.25, 0.3) is 0 Å². The van der Waals surface area contributed by atoms with Crippen LogP contribution in [0.2, 0.25) is 0 Å². The minimum Gasteiger partial charge on any atom is -0.504 e. The first kappa shape index (κ1) is 23.1. The molecular formula is C27H34O4. The summed E-state index contributed by atoms with van der Waals surface area (Å²) in [6.07, 6.45) is 9.38. The maximum Gasteiger partial charge on any atom is 0.161 e. The van der Waals surface area contributed by atoms with Crippen molar-refractivity contribution in [2.45, 2.75) is 70.8 Å². The molecule has 0 unspecified atom stereocenters. The normalized spacial score (nSPS) is 14.7. The van der Waals surface area contributed by atoms with E-state index in [1.165, 1.54) is 0 Å². The van der Waals surface area contributed by atoms with Crippen LogP contribution in [0.1, 0.15) is 68.6 Å². The van der Waals surface area contributed by atoms with Gasteiger partial charge in [0.25, 0.3) is 0 Å². The van der Waals surface area contributed by atoms with Crippen molar-refractivity contribution in [2.24, 2.45) is 0 Å². The number of aliphatic hydroxyl groups excluding tert-OH is 1. The summed E-state index contributed by atoms with van der Waals surface area (Å²) in [5.74, 6) is 0.705. The zero-order valence-corrected chi connectivity index (χ0v) is 18.5. The third-order valence-corrected chi connectivity index (χ3v) is 5.89. The molecule has 0 aromatic heterocycles. The second kappa shape index (κ2) is 11.7. The summed E-state index contributed by atoms with van der Waals surface area (Å²) in [4.78, 5) is 12.5. The van der Waals surface area contributed by atoms with Gasteiger partial charge in [0, 0.05) is 6.42 Å². The molecule has 4 heteroatoms. The number of benzene rings is 2. The van der Waals surface area contributed by atoms with E-state index in [1.807, 2.05) is 31.2 Å². The number of ether oxygens (including phenoxy) is 1. The topological polar surface area (TPSA) is 66.8 Å². The van der Waals surface area contributed by atoms with E-state index in [0.29, 0.717) is 25.0 Å². The van der Waals surface area contributed by atoms with Gasteiger partial charge < -0.3 is 14.9 Å². The molecule has 2 aromatic carbocycles. The number of phenolic OH excluding ortho intramolecular Hbond substituents is 1. The predicted octanol–water partition coefficient (Wildman–Crippen LogP) is 5.52. The maximum absolute atomic E-state index is 12.5. The Hall–Kier alpha value is -2.59. The molecule has 4 nitrogen and oxygen atoms in total. The van der Waals surface area contributed by atoms with Crippen LogP contribution in [0.3, 0.4) is 0 Å². The van der Waals surface area contributed by atoms with E-state index in [2.05, 4.69) is 12.1 Å². The summed E-state index contributed by atoms with van der Waals surface area (Å²) in [5.41, 5.74) is 3.98. The van der Waals surface area contributed by atoms with Crippen molar-refractivity contribution >= 4 is 5.78 Å². The van der Waals surface area contributed by atoms with E-state index in [-0.39, 0.29) is 24.2 Å². The molecule has 0 spiro atoms. The highest BCUT2D eigenvalue weighted by Gasteiger charge is 2.19. The number of allylic oxidation sites excluding steroid dienone is 1. The van der Waals surface area contributed by atoms with E-state index in [0.717, 1.165) is 60.8 Å². The SMILES string of the molecule is CCCC(=CC(=O)CCc1cc(OC2CCCC2)c(O)cc1Cc1ccccc1)CO. The third-order valence-electron chi connectivity index (χ3n) is 5.89. The summed E-state index contributed by atoms with van der Waals surface area (Å²) < 4.78 is 6.09. The van der Waals surface area contributed by atoms with E-state index in [1.54, 1.807) is 12.1 Å². The Morgan fingerprint density at radius 1 is 1.10 bits per heavy atom. The fourth-order valence-corrected chi connectivity index (χ4v) is 4.22. The smallest absolute Gasteiger partial charge is 0.161 e. The number of carbonyl (C=O) groups excluding carboxylic acids is 1. The fourth-order valence-electron chi connectivity index (χ4n) is 4.22. The Balaban J connectivity index is 1.80. The van der Waals surface area contributed by atoms with Crippen molar-refractivity contribution in [1.29, 1.82) is 0 Å². The van der Waals surface area contributed by atoms with E-state index >= 15 is 0 Å². The zero-order chi connectivity index (χ0) is 22.1. The van der Waals surface area contributed by atoms with Crippen molar-refractivity contribution in [3.05, 3.63) is 70.8 Å². The lowest BCUT2D eigenvalue weighted by atomic mass is 9.95. The maximum atomic E-state index is 12.5. The minimum atomic E-state index is -0.0720. The number of ketones is 1. The number of phenols is 1. The molecule has 0 atom stereocenters. The fraction of sp³-hybridized carbons (Fsp3) is 0.444. The molecule has 31 heavy (non-hydrogen) atoms. The summed E-state index contributed by atoms with van der Waals surface area (Å²) in [5, 5.41) is 20.0. The third kappa shape index (κ3) is 6.96. The van der Waals surface area contributed by atoms with Crippen LogP contribution < -0.4 is 4.74 Å². The Labute approximate surface area is 185 Å². The molecule has 0 aliphatic heterocycles. The van der Waals surface area contributed by atoms with Gasteiger partial charge in [-0.15, -0.1) is 0 Å². The lowest BCUT2D eigenvalue weighted by Crippen LogP contribution is -2.12. The lowest BCUT2D eigenvalue weighted by Gasteiger charge is -2.18. The molecule has 166 valence electrons. The van der Waals surface area contributed by atoms with Gasteiger partial charge in [-0.25, -0.2) is 0 Å². The monoisotopic (exact) mass is 422 g/mol. The summed E-state index contributed by atoms with van der Waals surface area (Å²) >= 11 is 0. The van der Waals surface area contributed by atoms with Crippen LogP contribution in [0, 0.1) is 0 Å². The molecule has 3 rings (SSSR count). The molecule has 1 saturated carbocycles. The van der Waals surface area contributed by atoms with Gasteiger partial charge in [-0.05, 0) is 85.4 Å². The number of rotatable bonds is 11. The molecule has 0 radical (unpaired) electrons. The van der Waals surface area contributed by atoms with E-state index in [4.69, 9.17) is 4.74 Å². The Kier molecular flexibility index (Phi) is 8.72. The first-order chi connectivity index (χ1) is 15.1. The number of aryl methyl sites for hydroxylation is 1. The number of hydrogen-bond acceptors (Lipinski definition) is 4. The van der Waals surface area contributed by atoms with E-state index in [9.17, 15) is 15.0 Å².